The fraction of sp³-hybridized carbons (Fsp3) is 0.167. The van der Waals surface area contributed by atoms with Crippen LogP contribution in [-0.2, 0) is 6.42 Å². The highest BCUT2D eigenvalue weighted by atomic mass is 15.0. The van der Waals surface area contributed by atoms with E-state index in [1.165, 1.54) is 16.9 Å². The van der Waals surface area contributed by atoms with Gasteiger partial charge in [0.15, 0.2) is 0 Å². The summed E-state index contributed by atoms with van der Waals surface area (Å²) in [5.41, 5.74) is 4.88. The van der Waals surface area contributed by atoms with Gasteiger partial charge in [-0.15, -0.1) is 0 Å². The summed E-state index contributed by atoms with van der Waals surface area (Å²) in [4.78, 5) is 4.54. The number of hydrogen-bond donors (Lipinski definition) is 1. The second-order valence-corrected chi connectivity index (χ2v) is 5.42. The molecular formula is C18H17N3. The Morgan fingerprint density at radius 2 is 1.95 bits per heavy atom. The number of aromatic nitrogens is 2. The molecule has 1 unspecified atom stereocenters. The predicted octanol–water partition coefficient (Wildman–Crippen LogP) is 3.97. The van der Waals surface area contributed by atoms with Crippen molar-refractivity contribution in [1.29, 1.82) is 0 Å². The highest BCUT2D eigenvalue weighted by Gasteiger charge is 2.23. The molecule has 3 nitrogen and oxygen atoms in total. The van der Waals surface area contributed by atoms with Gasteiger partial charge < -0.3 is 9.88 Å². The molecule has 0 saturated carbocycles. The third-order valence-electron chi connectivity index (χ3n) is 4.05. The Kier molecular flexibility index (Phi) is 2.96. The zero-order valence-electron chi connectivity index (χ0n) is 11.7. The van der Waals surface area contributed by atoms with Crippen LogP contribution in [0, 0.1) is 0 Å². The van der Waals surface area contributed by atoms with Crippen LogP contribution in [0.2, 0.25) is 0 Å². The van der Waals surface area contributed by atoms with E-state index in [0.717, 1.165) is 18.5 Å². The van der Waals surface area contributed by atoms with Crippen LogP contribution in [0.5, 0.6) is 0 Å². The monoisotopic (exact) mass is 275 g/mol. The van der Waals surface area contributed by atoms with Crippen molar-refractivity contribution < 1.29 is 0 Å². The van der Waals surface area contributed by atoms with Crippen molar-refractivity contribution in [3.63, 3.8) is 0 Å². The van der Waals surface area contributed by atoms with E-state index in [1.807, 2.05) is 24.4 Å². The van der Waals surface area contributed by atoms with Crippen LogP contribution in [0.4, 0.5) is 5.69 Å². The van der Waals surface area contributed by atoms with E-state index in [4.69, 9.17) is 0 Å². The van der Waals surface area contributed by atoms with E-state index < -0.39 is 0 Å². The molecule has 0 amide bonds. The molecule has 0 fully saturated rings. The SMILES string of the molecule is c1cc(NC2CCc3cccnc32)cc(-n2cccc2)c1. The molecule has 1 aliphatic carbocycles. The van der Waals surface area contributed by atoms with Crippen molar-refractivity contribution in [2.75, 3.05) is 5.32 Å². The number of fused-ring (bicyclic) bond motifs is 1. The molecule has 21 heavy (non-hydrogen) atoms. The Bertz CT molecular complexity index is 747. The fourth-order valence-electron chi connectivity index (χ4n) is 3.02. The summed E-state index contributed by atoms with van der Waals surface area (Å²) >= 11 is 0. The maximum Gasteiger partial charge on any atom is 0.0691 e. The summed E-state index contributed by atoms with van der Waals surface area (Å²) in [6.45, 7) is 0. The van der Waals surface area contributed by atoms with E-state index in [0.29, 0.717) is 6.04 Å². The lowest BCUT2D eigenvalue weighted by Crippen LogP contribution is -2.08. The average molecular weight is 275 g/mol. The standard InChI is InChI=1S/C18H17N3/c1-2-12-21(11-1)16-7-3-6-15(13-16)20-17-9-8-14-5-4-10-19-18(14)17/h1-7,10-13,17,20H,8-9H2. The highest BCUT2D eigenvalue weighted by Crippen LogP contribution is 2.32. The first-order valence-corrected chi connectivity index (χ1v) is 7.34. The number of nitrogens with one attached hydrogen (secondary N) is 1. The molecule has 0 radical (unpaired) electrons. The van der Waals surface area contributed by atoms with Crippen molar-refractivity contribution in [3.8, 4) is 5.69 Å². The van der Waals surface area contributed by atoms with Crippen LogP contribution < -0.4 is 5.32 Å². The van der Waals surface area contributed by atoms with Crippen molar-refractivity contribution in [2.45, 2.75) is 18.9 Å². The van der Waals surface area contributed by atoms with Gasteiger partial charge in [-0.2, -0.15) is 0 Å². The second-order valence-electron chi connectivity index (χ2n) is 5.42. The van der Waals surface area contributed by atoms with Gasteiger partial charge in [0.25, 0.3) is 0 Å². The van der Waals surface area contributed by atoms with E-state index in [2.05, 4.69) is 57.6 Å². The largest absolute Gasteiger partial charge is 0.377 e. The molecule has 1 N–H and O–H groups in total. The van der Waals surface area contributed by atoms with Gasteiger partial charge in [0.05, 0.1) is 11.7 Å². The van der Waals surface area contributed by atoms with Crippen LogP contribution in [0.3, 0.4) is 0 Å². The Morgan fingerprint density at radius 3 is 2.86 bits per heavy atom. The summed E-state index contributed by atoms with van der Waals surface area (Å²) in [6, 6.07) is 17.1. The number of rotatable bonds is 3. The smallest absolute Gasteiger partial charge is 0.0691 e. The van der Waals surface area contributed by atoms with Crippen molar-refractivity contribution in [3.05, 3.63) is 78.4 Å². The molecule has 1 aliphatic rings. The van der Waals surface area contributed by atoms with Gasteiger partial charge in [0.1, 0.15) is 0 Å². The minimum Gasteiger partial charge on any atom is -0.377 e. The molecule has 1 atom stereocenters. The summed E-state index contributed by atoms with van der Waals surface area (Å²) in [6.07, 6.45) is 8.23. The number of benzene rings is 1. The number of anilines is 1. The number of nitrogens with zero attached hydrogens (tertiary/aromatic N) is 2. The minimum absolute atomic E-state index is 0.320. The van der Waals surface area contributed by atoms with Gasteiger partial charge >= 0.3 is 0 Å². The van der Waals surface area contributed by atoms with E-state index in [1.54, 1.807) is 0 Å². The quantitative estimate of drug-likeness (QED) is 0.783. The predicted molar refractivity (Wildman–Crippen MR) is 84.7 cm³/mol. The number of aryl methyl sites for hydroxylation is 1. The Morgan fingerprint density at radius 1 is 1.05 bits per heavy atom. The van der Waals surface area contributed by atoms with E-state index >= 15 is 0 Å². The topological polar surface area (TPSA) is 29.9 Å². The third kappa shape index (κ3) is 2.31. The average Bonchev–Trinajstić information content (AvgIpc) is 3.18. The maximum atomic E-state index is 4.54. The summed E-state index contributed by atoms with van der Waals surface area (Å²) < 4.78 is 2.12. The molecule has 0 bridgehead atoms. The van der Waals surface area contributed by atoms with E-state index in [9.17, 15) is 0 Å². The fourth-order valence-corrected chi connectivity index (χ4v) is 3.02. The van der Waals surface area contributed by atoms with Crippen LogP contribution in [0.15, 0.2) is 67.1 Å². The van der Waals surface area contributed by atoms with Crippen molar-refractivity contribution >= 4 is 5.69 Å². The normalized spacial score (nSPS) is 16.7. The van der Waals surface area contributed by atoms with Gasteiger partial charge in [-0.3, -0.25) is 4.98 Å². The summed E-state index contributed by atoms with van der Waals surface area (Å²) in [7, 11) is 0. The second kappa shape index (κ2) is 5.09. The Hall–Kier alpha value is -2.55. The lowest BCUT2D eigenvalue weighted by Gasteiger charge is -2.15. The first-order chi connectivity index (χ1) is 10.4. The van der Waals surface area contributed by atoms with Crippen molar-refractivity contribution in [1.82, 2.24) is 9.55 Å². The zero-order valence-corrected chi connectivity index (χ0v) is 11.7. The Balaban J connectivity index is 1.60. The van der Waals surface area contributed by atoms with Crippen LogP contribution in [0.25, 0.3) is 5.69 Å². The molecule has 104 valence electrons. The first-order valence-electron chi connectivity index (χ1n) is 7.34. The lowest BCUT2D eigenvalue weighted by molar-refractivity contribution is 0.746. The molecule has 2 aromatic heterocycles. The van der Waals surface area contributed by atoms with Gasteiger partial charge in [-0.25, -0.2) is 0 Å². The molecule has 0 aliphatic heterocycles. The zero-order chi connectivity index (χ0) is 14.1. The molecular weight excluding hydrogens is 258 g/mol. The van der Waals surface area contributed by atoms with E-state index in [-0.39, 0.29) is 0 Å². The van der Waals surface area contributed by atoms with Crippen LogP contribution >= 0.6 is 0 Å². The van der Waals surface area contributed by atoms with Crippen LogP contribution in [0.1, 0.15) is 23.7 Å². The lowest BCUT2D eigenvalue weighted by atomic mass is 10.2. The minimum atomic E-state index is 0.320. The molecule has 1 aromatic carbocycles. The first kappa shape index (κ1) is 12.2. The van der Waals surface area contributed by atoms with Gasteiger partial charge in [-0.1, -0.05) is 12.1 Å². The molecule has 0 saturated heterocycles. The molecule has 3 heteroatoms. The maximum absolute atomic E-state index is 4.54. The van der Waals surface area contributed by atoms with Crippen molar-refractivity contribution in [2.24, 2.45) is 0 Å². The molecule has 2 heterocycles. The van der Waals surface area contributed by atoms with Gasteiger partial charge in [0, 0.05) is 30.0 Å². The van der Waals surface area contributed by atoms with Gasteiger partial charge in [0.2, 0.25) is 0 Å². The molecule has 0 spiro atoms. The molecule has 4 rings (SSSR count). The van der Waals surface area contributed by atoms with Crippen LogP contribution in [-0.4, -0.2) is 9.55 Å². The summed E-state index contributed by atoms with van der Waals surface area (Å²) in [5.74, 6) is 0. The number of pyridine rings is 1. The highest BCUT2D eigenvalue weighted by molar-refractivity contribution is 5.53. The summed E-state index contributed by atoms with van der Waals surface area (Å²) in [5, 5.41) is 3.62. The third-order valence-corrected chi connectivity index (χ3v) is 4.05. The Labute approximate surface area is 124 Å². The molecule has 3 aromatic rings. The number of hydrogen-bond acceptors (Lipinski definition) is 2. The van der Waals surface area contributed by atoms with Gasteiger partial charge in [-0.05, 0) is 54.8 Å².